The molecule has 8 heteroatoms. The van der Waals surface area contributed by atoms with Crippen LogP contribution in [0.4, 0.5) is 0 Å². The van der Waals surface area contributed by atoms with E-state index in [0.717, 1.165) is 31.4 Å². The van der Waals surface area contributed by atoms with Gasteiger partial charge in [-0.3, -0.25) is 18.6 Å². The molecule has 0 N–H and O–H groups in total. The smallest absolute Gasteiger partial charge is 0.262 e. The summed E-state index contributed by atoms with van der Waals surface area (Å²) in [4.78, 5) is 27.7. The molecule has 0 saturated carbocycles. The van der Waals surface area contributed by atoms with Crippen molar-refractivity contribution in [2.75, 3.05) is 18.8 Å². The van der Waals surface area contributed by atoms with Gasteiger partial charge in [0.1, 0.15) is 0 Å². The van der Waals surface area contributed by atoms with E-state index in [1.165, 1.54) is 24.6 Å². The summed E-state index contributed by atoms with van der Waals surface area (Å²) in [5, 5.41) is 9.94. The van der Waals surface area contributed by atoms with Gasteiger partial charge in [-0.05, 0) is 30.9 Å². The van der Waals surface area contributed by atoms with E-state index in [1.54, 1.807) is 4.57 Å². The second-order valence-electron chi connectivity index (χ2n) is 8.03. The average Bonchev–Trinajstić information content (AvgIpc) is 2.94. The molecule has 3 aromatic rings. The highest BCUT2D eigenvalue weighted by Gasteiger charge is 2.20. The number of para-hydroxylation sites is 1. The first-order valence-electron chi connectivity index (χ1n) is 10.3. The van der Waals surface area contributed by atoms with Crippen LogP contribution in [-0.4, -0.2) is 48.8 Å². The van der Waals surface area contributed by atoms with Crippen LogP contribution in [0.25, 0.3) is 16.7 Å². The second kappa shape index (κ2) is 8.57. The molecule has 1 amide bonds. The van der Waals surface area contributed by atoms with Gasteiger partial charge in [-0.25, -0.2) is 0 Å². The minimum atomic E-state index is -0.0496. The zero-order chi connectivity index (χ0) is 20.4. The van der Waals surface area contributed by atoms with Crippen LogP contribution in [0.15, 0.2) is 34.2 Å². The highest BCUT2D eigenvalue weighted by atomic mass is 32.2. The van der Waals surface area contributed by atoms with Crippen molar-refractivity contribution in [1.29, 1.82) is 0 Å². The van der Waals surface area contributed by atoms with Gasteiger partial charge in [0.15, 0.2) is 5.16 Å². The first kappa shape index (κ1) is 19.9. The van der Waals surface area contributed by atoms with Crippen LogP contribution in [0.5, 0.6) is 0 Å². The molecule has 2 aromatic heterocycles. The molecule has 1 aliphatic rings. The van der Waals surface area contributed by atoms with Gasteiger partial charge < -0.3 is 4.90 Å². The van der Waals surface area contributed by atoms with Crippen molar-refractivity contribution >= 4 is 34.3 Å². The maximum atomic E-state index is 13.0. The molecule has 7 nitrogen and oxygen atoms in total. The maximum absolute atomic E-state index is 13.0. The lowest BCUT2D eigenvalue weighted by Gasteiger charge is -2.19. The van der Waals surface area contributed by atoms with Gasteiger partial charge in [0.2, 0.25) is 11.7 Å². The first-order valence-corrected chi connectivity index (χ1v) is 11.3. The van der Waals surface area contributed by atoms with E-state index in [0.29, 0.717) is 34.5 Å². The van der Waals surface area contributed by atoms with Gasteiger partial charge in [0.25, 0.3) is 5.56 Å². The summed E-state index contributed by atoms with van der Waals surface area (Å²) in [7, 11) is 0. The third-order valence-electron chi connectivity index (χ3n) is 5.31. The molecule has 0 aliphatic carbocycles. The van der Waals surface area contributed by atoms with Gasteiger partial charge in [-0.2, -0.15) is 0 Å². The average molecular weight is 414 g/mol. The highest BCUT2D eigenvalue weighted by Crippen LogP contribution is 2.23. The van der Waals surface area contributed by atoms with E-state index >= 15 is 0 Å². The fourth-order valence-corrected chi connectivity index (χ4v) is 4.74. The fraction of sp³-hybridized carbons (Fsp3) is 0.524. The Balaban J connectivity index is 1.69. The molecule has 0 unspecified atom stereocenters. The van der Waals surface area contributed by atoms with Crippen molar-refractivity contribution in [2.24, 2.45) is 5.92 Å². The molecule has 1 fully saturated rings. The lowest BCUT2D eigenvalue weighted by atomic mass is 10.2. The quantitative estimate of drug-likeness (QED) is 0.601. The summed E-state index contributed by atoms with van der Waals surface area (Å²) in [6, 6.07) is 7.53. The molecule has 1 aliphatic heterocycles. The molecule has 1 saturated heterocycles. The Morgan fingerprint density at radius 3 is 2.55 bits per heavy atom. The van der Waals surface area contributed by atoms with Crippen LogP contribution in [-0.2, 0) is 11.3 Å². The van der Waals surface area contributed by atoms with Gasteiger partial charge in [0, 0.05) is 19.6 Å². The number of hydrogen-bond acceptors (Lipinski definition) is 5. The normalized spacial score (nSPS) is 15.3. The molecular formula is C21H27N5O2S. The molecule has 4 rings (SSSR count). The third-order valence-corrected chi connectivity index (χ3v) is 6.22. The Kier molecular flexibility index (Phi) is 5.89. The summed E-state index contributed by atoms with van der Waals surface area (Å²) in [5.74, 6) is 1.31. The van der Waals surface area contributed by atoms with Crippen LogP contribution in [0.2, 0.25) is 0 Å². The predicted molar refractivity (Wildman–Crippen MR) is 115 cm³/mol. The Bertz CT molecular complexity index is 1080. The summed E-state index contributed by atoms with van der Waals surface area (Å²) < 4.78 is 3.61. The number of hydrogen-bond donors (Lipinski definition) is 0. The van der Waals surface area contributed by atoms with Crippen molar-refractivity contribution in [3.8, 4) is 0 Å². The number of rotatable bonds is 5. The molecule has 1 aromatic carbocycles. The van der Waals surface area contributed by atoms with Crippen LogP contribution in [0.1, 0.15) is 39.5 Å². The number of benzene rings is 1. The Labute approximate surface area is 174 Å². The number of thioether (sulfide) groups is 1. The van der Waals surface area contributed by atoms with Crippen molar-refractivity contribution in [2.45, 2.75) is 51.2 Å². The fourth-order valence-electron chi connectivity index (χ4n) is 3.89. The second-order valence-corrected chi connectivity index (χ2v) is 8.97. The zero-order valence-electron chi connectivity index (χ0n) is 17.0. The number of fused-ring (bicyclic) bond motifs is 3. The number of carbonyl (C=O) groups is 1. The standard InChI is InChI=1S/C21H27N5O2S/c1-15(2)13-25-19(28)16-9-5-6-10-17(16)26-20(25)22-23-21(26)29-14-18(27)24-11-7-3-4-8-12-24/h5-6,9-10,15H,3-4,7-8,11-14H2,1-2H3. The lowest BCUT2D eigenvalue weighted by Crippen LogP contribution is -2.33. The van der Waals surface area contributed by atoms with Crippen molar-refractivity contribution < 1.29 is 4.79 Å². The Hall–Kier alpha value is -2.35. The molecule has 0 radical (unpaired) electrons. The molecule has 0 bridgehead atoms. The van der Waals surface area contributed by atoms with Gasteiger partial charge in [-0.15, -0.1) is 10.2 Å². The van der Waals surface area contributed by atoms with Gasteiger partial charge >= 0.3 is 0 Å². The first-order chi connectivity index (χ1) is 14.1. The van der Waals surface area contributed by atoms with Crippen LogP contribution >= 0.6 is 11.8 Å². The molecule has 0 spiro atoms. The zero-order valence-corrected chi connectivity index (χ0v) is 17.8. The molecular weight excluding hydrogens is 386 g/mol. The molecule has 0 atom stereocenters. The number of amides is 1. The monoisotopic (exact) mass is 413 g/mol. The van der Waals surface area contributed by atoms with Crippen LogP contribution in [0.3, 0.4) is 0 Å². The van der Waals surface area contributed by atoms with E-state index in [4.69, 9.17) is 0 Å². The molecule has 29 heavy (non-hydrogen) atoms. The van der Waals surface area contributed by atoms with Crippen LogP contribution in [0, 0.1) is 5.92 Å². The molecule has 3 heterocycles. The summed E-state index contributed by atoms with van der Waals surface area (Å²) in [6.07, 6.45) is 4.56. The summed E-state index contributed by atoms with van der Waals surface area (Å²) in [5.41, 5.74) is 0.730. The van der Waals surface area contributed by atoms with E-state index in [9.17, 15) is 9.59 Å². The number of nitrogens with zero attached hydrogens (tertiary/aromatic N) is 5. The predicted octanol–water partition coefficient (Wildman–Crippen LogP) is 3.19. The summed E-state index contributed by atoms with van der Waals surface area (Å²) >= 11 is 1.40. The van der Waals surface area contributed by atoms with E-state index < -0.39 is 0 Å². The Morgan fingerprint density at radius 2 is 1.83 bits per heavy atom. The SMILES string of the molecule is CC(C)Cn1c(=O)c2ccccc2n2c(SCC(=O)N3CCCCCC3)nnc12. The third kappa shape index (κ3) is 4.03. The van der Waals surface area contributed by atoms with Crippen molar-refractivity contribution in [1.82, 2.24) is 24.1 Å². The Morgan fingerprint density at radius 1 is 1.10 bits per heavy atom. The van der Waals surface area contributed by atoms with Crippen molar-refractivity contribution in [3.63, 3.8) is 0 Å². The van der Waals surface area contributed by atoms with Gasteiger partial charge in [-0.1, -0.05) is 50.6 Å². The molecule has 154 valence electrons. The topological polar surface area (TPSA) is 72.5 Å². The van der Waals surface area contributed by atoms with E-state index in [2.05, 4.69) is 24.0 Å². The lowest BCUT2D eigenvalue weighted by molar-refractivity contribution is -0.128. The highest BCUT2D eigenvalue weighted by molar-refractivity contribution is 7.99. The van der Waals surface area contributed by atoms with Crippen LogP contribution < -0.4 is 5.56 Å². The number of carbonyl (C=O) groups excluding carboxylic acids is 1. The van der Waals surface area contributed by atoms with Gasteiger partial charge in [0.05, 0.1) is 16.7 Å². The van der Waals surface area contributed by atoms with Crippen molar-refractivity contribution in [3.05, 3.63) is 34.6 Å². The number of likely N-dealkylation sites (tertiary alicyclic amines) is 1. The largest absolute Gasteiger partial charge is 0.342 e. The maximum Gasteiger partial charge on any atom is 0.262 e. The number of aromatic nitrogens is 4. The minimum absolute atomic E-state index is 0.0496. The van der Waals surface area contributed by atoms with E-state index in [-0.39, 0.29) is 11.5 Å². The van der Waals surface area contributed by atoms with E-state index in [1.807, 2.05) is 33.6 Å². The summed E-state index contributed by atoms with van der Waals surface area (Å²) in [6.45, 7) is 6.41. The minimum Gasteiger partial charge on any atom is -0.342 e.